The number of rotatable bonds is 16. The van der Waals surface area contributed by atoms with E-state index in [0.29, 0.717) is 56.3 Å². The first kappa shape index (κ1) is 31.1. The lowest BCUT2D eigenvalue weighted by atomic mass is 9.82. The van der Waals surface area contributed by atoms with Crippen LogP contribution in [0.2, 0.25) is 0 Å². The van der Waals surface area contributed by atoms with Crippen molar-refractivity contribution in [3.63, 3.8) is 0 Å². The van der Waals surface area contributed by atoms with Gasteiger partial charge in [0.25, 0.3) is 0 Å². The van der Waals surface area contributed by atoms with E-state index in [1.807, 2.05) is 37.3 Å². The molecular weight excluding hydrogens is 548 g/mol. The van der Waals surface area contributed by atoms with Gasteiger partial charge in [-0.2, -0.15) is 0 Å². The van der Waals surface area contributed by atoms with Crippen molar-refractivity contribution in [3.05, 3.63) is 53.6 Å². The molecule has 2 aromatic rings. The number of hydrogen-bond donors (Lipinski definition) is 1. The van der Waals surface area contributed by atoms with Crippen LogP contribution < -0.4 is 14.2 Å². The highest BCUT2D eigenvalue weighted by Gasteiger charge is 2.47. The van der Waals surface area contributed by atoms with Crippen LogP contribution in [0, 0.1) is 5.92 Å². The van der Waals surface area contributed by atoms with Crippen molar-refractivity contribution >= 4 is 16.0 Å². The van der Waals surface area contributed by atoms with Crippen molar-refractivity contribution in [2.75, 3.05) is 52.6 Å². The fourth-order valence-corrected chi connectivity index (χ4v) is 7.42. The van der Waals surface area contributed by atoms with E-state index in [0.717, 1.165) is 24.0 Å². The van der Waals surface area contributed by atoms with Crippen LogP contribution >= 0.6 is 0 Å². The molecule has 0 radical (unpaired) electrons. The van der Waals surface area contributed by atoms with Crippen LogP contribution in [0.3, 0.4) is 0 Å². The highest BCUT2D eigenvalue weighted by molar-refractivity contribution is 7.89. The fraction of sp³-hybridized carbons (Fsp3) is 0.567. The predicted molar refractivity (Wildman–Crippen MR) is 155 cm³/mol. The highest BCUT2D eigenvalue weighted by Crippen LogP contribution is 2.47. The normalized spacial score (nSPS) is 20.5. The van der Waals surface area contributed by atoms with Crippen LogP contribution in [-0.4, -0.2) is 81.3 Å². The molecule has 0 aliphatic carbocycles. The number of sulfonamides is 1. The number of methoxy groups -OCH3 is 1. The molecule has 2 aromatic carbocycles. The standard InChI is InChI=1S/C30H42N2O8S/c1-4-6-7-17-41(35,36)32(14-5-2)16-15-31-19-25(23-10-13-26-27(18-23)40-21-39-26)28(30(33)34)29(31)22-8-11-24(12-9-22)38-20-37-3/h8-13,18,25,28-29H,4-7,14-17,19-21H2,1-3H3,(H,33,34)/t25-,28-,29+/m0/s1. The van der Waals surface area contributed by atoms with Gasteiger partial charge in [0.1, 0.15) is 5.75 Å². The molecule has 226 valence electrons. The molecule has 11 heteroatoms. The van der Waals surface area contributed by atoms with Gasteiger partial charge >= 0.3 is 5.97 Å². The molecule has 2 aliphatic rings. The monoisotopic (exact) mass is 590 g/mol. The molecule has 2 aliphatic heterocycles. The number of unbranched alkanes of at least 4 members (excludes halogenated alkanes) is 2. The summed E-state index contributed by atoms with van der Waals surface area (Å²) in [5.74, 6) is -0.0101. The summed E-state index contributed by atoms with van der Waals surface area (Å²) in [6.45, 7) is 5.87. The average Bonchev–Trinajstić information content (AvgIpc) is 3.59. The maximum atomic E-state index is 13.2. The first-order valence-corrected chi connectivity index (χ1v) is 16.0. The molecule has 0 bridgehead atoms. The van der Waals surface area contributed by atoms with Gasteiger partial charge in [0.2, 0.25) is 16.8 Å². The minimum atomic E-state index is -3.42. The summed E-state index contributed by atoms with van der Waals surface area (Å²) in [5, 5.41) is 10.5. The Labute approximate surface area is 243 Å². The molecular formula is C30H42N2O8S. The number of fused-ring (bicyclic) bond motifs is 1. The fourth-order valence-electron chi connectivity index (χ4n) is 5.77. The minimum Gasteiger partial charge on any atom is -0.481 e. The lowest BCUT2D eigenvalue weighted by Gasteiger charge is -2.30. The van der Waals surface area contributed by atoms with Crippen LogP contribution in [0.25, 0.3) is 0 Å². The molecule has 1 fully saturated rings. The first-order valence-electron chi connectivity index (χ1n) is 14.3. The van der Waals surface area contributed by atoms with E-state index in [1.165, 1.54) is 0 Å². The van der Waals surface area contributed by atoms with E-state index < -0.39 is 28.0 Å². The Hall–Kier alpha value is -2.86. The summed E-state index contributed by atoms with van der Waals surface area (Å²) >= 11 is 0. The molecule has 3 atom stereocenters. The van der Waals surface area contributed by atoms with Crippen LogP contribution in [-0.2, 0) is 19.6 Å². The van der Waals surface area contributed by atoms with Gasteiger partial charge in [-0.1, -0.05) is 44.9 Å². The SMILES string of the molecule is CCCCCS(=O)(=O)N(CCC)CCN1C[C@@H](c2ccc3c(c2)OCO3)[C@H](C(=O)O)[C@H]1c1ccc(OCOC)cc1. The van der Waals surface area contributed by atoms with Gasteiger partial charge in [-0.15, -0.1) is 0 Å². The van der Waals surface area contributed by atoms with Crippen LogP contribution in [0.4, 0.5) is 0 Å². The molecule has 4 rings (SSSR count). The maximum Gasteiger partial charge on any atom is 0.309 e. The number of ether oxygens (including phenoxy) is 4. The van der Waals surface area contributed by atoms with Crippen molar-refractivity contribution in [2.24, 2.45) is 5.92 Å². The Morgan fingerprint density at radius 3 is 2.44 bits per heavy atom. The van der Waals surface area contributed by atoms with E-state index in [1.54, 1.807) is 23.5 Å². The Bertz CT molecular complexity index is 1250. The third kappa shape index (κ3) is 7.51. The Kier molecular flexibility index (Phi) is 10.9. The Balaban J connectivity index is 1.64. The largest absolute Gasteiger partial charge is 0.481 e. The van der Waals surface area contributed by atoms with Crippen molar-refractivity contribution in [1.29, 1.82) is 0 Å². The van der Waals surface area contributed by atoms with Crippen molar-refractivity contribution < 1.29 is 37.3 Å². The molecule has 0 aromatic heterocycles. The van der Waals surface area contributed by atoms with Gasteiger partial charge < -0.3 is 24.1 Å². The molecule has 2 heterocycles. The summed E-state index contributed by atoms with van der Waals surface area (Å²) in [7, 11) is -1.87. The van der Waals surface area contributed by atoms with Crippen LogP contribution in [0.15, 0.2) is 42.5 Å². The van der Waals surface area contributed by atoms with Crippen molar-refractivity contribution in [1.82, 2.24) is 9.21 Å². The molecule has 0 amide bonds. The molecule has 0 saturated carbocycles. The zero-order valence-corrected chi connectivity index (χ0v) is 25.0. The Morgan fingerprint density at radius 1 is 1.02 bits per heavy atom. The van der Waals surface area contributed by atoms with Crippen molar-refractivity contribution in [2.45, 2.75) is 51.5 Å². The van der Waals surface area contributed by atoms with E-state index in [2.05, 4.69) is 11.8 Å². The summed E-state index contributed by atoms with van der Waals surface area (Å²) in [4.78, 5) is 15.0. The van der Waals surface area contributed by atoms with Crippen LogP contribution in [0.1, 0.15) is 62.6 Å². The summed E-state index contributed by atoms with van der Waals surface area (Å²) in [6.07, 6.45) is 3.16. The number of carbonyl (C=O) groups is 1. The quantitative estimate of drug-likeness (QED) is 0.223. The molecule has 1 N–H and O–H groups in total. The molecule has 0 spiro atoms. The summed E-state index contributed by atoms with van der Waals surface area (Å²) in [6, 6.07) is 12.5. The highest BCUT2D eigenvalue weighted by atomic mass is 32.2. The topological polar surface area (TPSA) is 115 Å². The van der Waals surface area contributed by atoms with E-state index in [-0.39, 0.29) is 25.3 Å². The van der Waals surface area contributed by atoms with Crippen molar-refractivity contribution in [3.8, 4) is 17.2 Å². The van der Waals surface area contributed by atoms with E-state index in [4.69, 9.17) is 18.9 Å². The molecule has 1 saturated heterocycles. The number of likely N-dealkylation sites (tertiary alicyclic amines) is 1. The summed E-state index contributed by atoms with van der Waals surface area (Å²) in [5.41, 5.74) is 1.69. The second-order valence-electron chi connectivity index (χ2n) is 10.6. The smallest absolute Gasteiger partial charge is 0.309 e. The number of carboxylic acids is 1. The van der Waals surface area contributed by atoms with Gasteiger partial charge in [-0.05, 0) is 48.2 Å². The summed E-state index contributed by atoms with van der Waals surface area (Å²) < 4.78 is 49.6. The second kappa shape index (κ2) is 14.4. The lowest BCUT2D eigenvalue weighted by molar-refractivity contribution is -0.143. The van der Waals surface area contributed by atoms with Gasteiger partial charge in [0.05, 0.1) is 11.7 Å². The zero-order valence-electron chi connectivity index (χ0n) is 24.2. The first-order chi connectivity index (χ1) is 19.8. The second-order valence-corrected chi connectivity index (χ2v) is 12.7. The van der Waals surface area contributed by atoms with E-state index in [9.17, 15) is 18.3 Å². The third-order valence-electron chi connectivity index (χ3n) is 7.78. The number of benzene rings is 2. The van der Waals surface area contributed by atoms with Gasteiger partial charge in [0.15, 0.2) is 18.3 Å². The number of carboxylic acid groups (broad SMARTS) is 1. The minimum absolute atomic E-state index is 0.110. The number of hydrogen-bond acceptors (Lipinski definition) is 8. The van der Waals surface area contributed by atoms with Gasteiger partial charge in [-0.25, -0.2) is 12.7 Å². The number of aliphatic carboxylic acids is 1. The average molecular weight is 591 g/mol. The maximum absolute atomic E-state index is 13.2. The third-order valence-corrected chi connectivity index (χ3v) is 9.74. The predicted octanol–water partition coefficient (Wildman–Crippen LogP) is 4.47. The van der Waals surface area contributed by atoms with Crippen LogP contribution in [0.5, 0.6) is 17.2 Å². The van der Waals surface area contributed by atoms with E-state index >= 15 is 0 Å². The molecule has 10 nitrogen and oxygen atoms in total. The zero-order chi connectivity index (χ0) is 29.4. The Morgan fingerprint density at radius 2 is 1.76 bits per heavy atom. The molecule has 41 heavy (non-hydrogen) atoms. The van der Waals surface area contributed by atoms with Gasteiger partial charge in [0, 0.05) is 45.2 Å². The van der Waals surface area contributed by atoms with Gasteiger partial charge in [-0.3, -0.25) is 9.69 Å². The lowest BCUT2D eigenvalue weighted by Crippen LogP contribution is -2.40. The molecule has 0 unspecified atom stereocenters. The number of nitrogens with zero attached hydrogens (tertiary/aromatic N) is 2.